The first-order valence-electron chi connectivity index (χ1n) is 6.81. The summed E-state index contributed by atoms with van der Waals surface area (Å²) in [6.45, 7) is 4.78. The van der Waals surface area contributed by atoms with Crippen LogP contribution in [0.5, 0.6) is 0 Å². The number of amides is 1. The largest absolute Gasteiger partial charge is 0.399 e. The zero-order valence-electron chi connectivity index (χ0n) is 12.1. The average Bonchev–Trinajstić information content (AvgIpc) is 2.85. The van der Waals surface area contributed by atoms with Crippen LogP contribution in [0, 0.1) is 6.92 Å². The first-order valence-corrected chi connectivity index (χ1v) is 6.81. The Morgan fingerprint density at radius 1 is 1.43 bits per heavy atom. The van der Waals surface area contributed by atoms with Crippen molar-refractivity contribution < 1.29 is 9.32 Å². The number of hydrogen-bond acceptors (Lipinski definition) is 6. The van der Waals surface area contributed by atoms with Gasteiger partial charge in [-0.15, -0.1) is 0 Å². The lowest BCUT2D eigenvalue weighted by Crippen LogP contribution is -2.24. The lowest BCUT2D eigenvalue weighted by atomic mass is 10.1. The standard InChI is InChI=1S/C14H19N5O2/c1-3-16-14(20)11-5-4-10(15)8-12(11)17-7-6-13-18-9(2)19-21-13/h4-5,8,17H,3,6-7,15H2,1-2H3,(H,16,20). The summed E-state index contributed by atoms with van der Waals surface area (Å²) in [6, 6.07) is 5.15. The molecular formula is C14H19N5O2. The number of hydrogen-bond donors (Lipinski definition) is 3. The maximum Gasteiger partial charge on any atom is 0.253 e. The van der Waals surface area contributed by atoms with Crippen LogP contribution in [-0.4, -0.2) is 29.1 Å². The molecule has 1 aromatic heterocycles. The molecule has 1 heterocycles. The molecule has 4 N–H and O–H groups in total. The molecule has 0 spiro atoms. The molecule has 0 atom stereocenters. The molecule has 112 valence electrons. The van der Waals surface area contributed by atoms with E-state index in [1.165, 1.54) is 0 Å². The molecule has 2 rings (SSSR count). The smallest absolute Gasteiger partial charge is 0.253 e. The number of rotatable bonds is 6. The van der Waals surface area contributed by atoms with Gasteiger partial charge in [0.25, 0.3) is 5.91 Å². The van der Waals surface area contributed by atoms with E-state index in [4.69, 9.17) is 10.3 Å². The van der Waals surface area contributed by atoms with Gasteiger partial charge in [-0.3, -0.25) is 4.79 Å². The Bertz CT molecular complexity index is 624. The number of benzene rings is 1. The van der Waals surface area contributed by atoms with Gasteiger partial charge in [0.2, 0.25) is 5.89 Å². The minimum atomic E-state index is -0.131. The van der Waals surface area contributed by atoms with E-state index in [9.17, 15) is 4.79 Å². The molecule has 0 unspecified atom stereocenters. The monoisotopic (exact) mass is 289 g/mol. The van der Waals surface area contributed by atoms with Gasteiger partial charge < -0.3 is 20.9 Å². The van der Waals surface area contributed by atoms with Crippen LogP contribution in [-0.2, 0) is 6.42 Å². The van der Waals surface area contributed by atoms with Crippen LogP contribution in [0.2, 0.25) is 0 Å². The van der Waals surface area contributed by atoms with Crippen LogP contribution >= 0.6 is 0 Å². The number of aryl methyl sites for hydroxylation is 1. The summed E-state index contributed by atoms with van der Waals surface area (Å²) in [5.41, 5.74) is 7.63. The fourth-order valence-corrected chi connectivity index (χ4v) is 1.91. The molecule has 21 heavy (non-hydrogen) atoms. The second-order valence-electron chi connectivity index (χ2n) is 4.58. The van der Waals surface area contributed by atoms with E-state index in [0.717, 1.165) is 0 Å². The van der Waals surface area contributed by atoms with Gasteiger partial charge in [-0.2, -0.15) is 4.98 Å². The van der Waals surface area contributed by atoms with Crippen molar-refractivity contribution in [2.24, 2.45) is 0 Å². The summed E-state index contributed by atoms with van der Waals surface area (Å²) in [5.74, 6) is 1.04. The van der Waals surface area contributed by atoms with Crippen molar-refractivity contribution in [1.29, 1.82) is 0 Å². The summed E-state index contributed by atoms with van der Waals surface area (Å²) >= 11 is 0. The van der Waals surface area contributed by atoms with E-state index in [2.05, 4.69) is 20.8 Å². The molecule has 0 bridgehead atoms. The number of nitrogens with zero attached hydrogens (tertiary/aromatic N) is 2. The molecule has 0 aliphatic rings. The van der Waals surface area contributed by atoms with Gasteiger partial charge in [0.05, 0.1) is 5.56 Å². The third kappa shape index (κ3) is 3.95. The highest BCUT2D eigenvalue weighted by atomic mass is 16.5. The zero-order valence-corrected chi connectivity index (χ0v) is 12.1. The molecule has 0 aliphatic heterocycles. The Morgan fingerprint density at radius 2 is 2.24 bits per heavy atom. The Kier molecular flexibility index (Phi) is 4.76. The summed E-state index contributed by atoms with van der Waals surface area (Å²) in [5, 5.41) is 9.68. The third-order valence-electron chi connectivity index (χ3n) is 2.85. The predicted molar refractivity (Wildman–Crippen MR) is 80.1 cm³/mol. The molecule has 7 heteroatoms. The number of nitrogens with two attached hydrogens (primary N) is 1. The van der Waals surface area contributed by atoms with Crippen molar-refractivity contribution in [2.45, 2.75) is 20.3 Å². The lowest BCUT2D eigenvalue weighted by molar-refractivity contribution is 0.0956. The molecule has 0 aliphatic carbocycles. The predicted octanol–water partition coefficient (Wildman–Crippen LogP) is 1.36. The van der Waals surface area contributed by atoms with Crippen LogP contribution < -0.4 is 16.4 Å². The van der Waals surface area contributed by atoms with Gasteiger partial charge >= 0.3 is 0 Å². The van der Waals surface area contributed by atoms with Crippen molar-refractivity contribution in [1.82, 2.24) is 15.5 Å². The van der Waals surface area contributed by atoms with E-state index in [1.54, 1.807) is 25.1 Å². The van der Waals surface area contributed by atoms with Gasteiger partial charge in [0.1, 0.15) is 0 Å². The average molecular weight is 289 g/mol. The Labute approximate surface area is 122 Å². The van der Waals surface area contributed by atoms with Crippen LogP contribution in [0.25, 0.3) is 0 Å². The van der Waals surface area contributed by atoms with E-state index in [0.29, 0.717) is 48.2 Å². The molecule has 7 nitrogen and oxygen atoms in total. The highest BCUT2D eigenvalue weighted by molar-refractivity contribution is 6.00. The van der Waals surface area contributed by atoms with E-state index in [1.807, 2.05) is 6.92 Å². The quantitative estimate of drug-likeness (QED) is 0.693. The highest BCUT2D eigenvalue weighted by Gasteiger charge is 2.11. The summed E-state index contributed by atoms with van der Waals surface area (Å²) in [4.78, 5) is 16.1. The van der Waals surface area contributed by atoms with Crippen molar-refractivity contribution in [3.8, 4) is 0 Å². The molecule has 1 amide bonds. The normalized spacial score (nSPS) is 10.4. The summed E-state index contributed by atoms with van der Waals surface area (Å²) in [7, 11) is 0. The van der Waals surface area contributed by atoms with E-state index >= 15 is 0 Å². The molecule has 1 aromatic carbocycles. The van der Waals surface area contributed by atoms with Gasteiger partial charge in [0.15, 0.2) is 5.82 Å². The summed E-state index contributed by atoms with van der Waals surface area (Å²) < 4.78 is 5.04. The molecule has 0 saturated heterocycles. The van der Waals surface area contributed by atoms with Crippen molar-refractivity contribution in [3.05, 3.63) is 35.5 Å². The third-order valence-corrected chi connectivity index (χ3v) is 2.85. The molecule has 0 fully saturated rings. The van der Waals surface area contributed by atoms with Gasteiger partial charge in [-0.25, -0.2) is 0 Å². The van der Waals surface area contributed by atoms with Crippen LogP contribution in [0.4, 0.5) is 11.4 Å². The maximum absolute atomic E-state index is 12.0. The maximum atomic E-state index is 12.0. The number of anilines is 2. The van der Waals surface area contributed by atoms with Crippen LogP contribution in [0.1, 0.15) is 29.0 Å². The van der Waals surface area contributed by atoms with E-state index < -0.39 is 0 Å². The van der Waals surface area contributed by atoms with Gasteiger partial charge in [-0.05, 0) is 32.0 Å². The van der Waals surface area contributed by atoms with Gasteiger partial charge in [-0.1, -0.05) is 5.16 Å². The van der Waals surface area contributed by atoms with Gasteiger partial charge in [0, 0.05) is 30.9 Å². The second kappa shape index (κ2) is 6.74. The minimum Gasteiger partial charge on any atom is -0.399 e. The SMILES string of the molecule is CCNC(=O)c1ccc(N)cc1NCCc1nc(C)no1. The topological polar surface area (TPSA) is 106 Å². The Hall–Kier alpha value is -2.57. The Balaban J connectivity index is 2.04. The Morgan fingerprint density at radius 3 is 2.90 bits per heavy atom. The van der Waals surface area contributed by atoms with Crippen LogP contribution in [0.15, 0.2) is 22.7 Å². The number of carbonyl (C=O) groups is 1. The number of aromatic nitrogens is 2. The zero-order chi connectivity index (χ0) is 15.2. The molecule has 0 saturated carbocycles. The lowest BCUT2D eigenvalue weighted by Gasteiger charge is -2.12. The molecule has 2 aromatic rings. The summed E-state index contributed by atoms with van der Waals surface area (Å²) in [6.07, 6.45) is 0.574. The fourth-order valence-electron chi connectivity index (χ4n) is 1.91. The highest BCUT2D eigenvalue weighted by Crippen LogP contribution is 2.19. The van der Waals surface area contributed by atoms with Crippen LogP contribution in [0.3, 0.4) is 0 Å². The fraction of sp³-hybridized carbons (Fsp3) is 0.357. The number of nitrogen functional groups attached to an aromatic ring is 1. The first kappa shape index (κ1) is 14.8. The molecule has 0 radical (unpaired) electrons. The second-order valence-corrected chi connectivity index (χ2v) is 4.58. The first-order chi connectivity index (χ1) is 10.1. The molecular weight excluding hydrogens is 270 g/mol. The number of nitrogens with one attached hydrogen (secondary N) is 2. The van der Waals surface area contributed by atoms with Crippen molar-refractivity contribution in [3.63, 3.8) is 0 Å². The minimum absolute atomic E-state index is 0.131. The van der Waals surface area contributed by atoms with Crippen molar-refractivity contribution in [2.75, 3.05) is 24.1 Å². The van der Waals surface area contributed by atoms with Crippen molar-refractivity contribution >= 4 is 17.3 Å². The van der Waals surface area contributed by atoms with E-state index in [-0.39, 0.29) is 5.91 Å². The number of carbonyl (C=O) groups excluding carboxylic acids is 1.